The second-order valence-corrected chi connectivity index (χ2v) is 4.84. The summed E-state index contributed by atoms with van der Waals surface area (Å²) in [6.45, 7) is 1.36. The Morgan fingerprint density at radius 3 is 2.88 bits per heavy atom. The third-order valence-electron chi connectivity index (χ3n) is 3.06. The maximum atomic E-state index is 5.93. The van der Waals surface area contributed by atoms with Gasteiger partial charge in [0.15, 0.2) is 5.82 Å². The molecule has 0 aliphatic heterocycles. The van der Waals surface area contributed by atoms with Crippen LogP contribution in [0.3, 0.4) is 0 Å². The fraction of sp³-hybridized carbons (Fsp3) is 0.667. The van der Waals surface area contributed by atoms with E-state index in [1.54, 1.807) is 13.2 Å². The Kier molecular flexibility index (Phi) is 4.57. The first-order valence-electron chi connectivity index (χ1n) is 6.04. The van der Waals surface area contributed by atoms with Gasteiger partial charge < -0.3 is 10.1 Å². The van der Waals surface area contributed by atoms with Gasteiger partial charge in [0.25, 0.3) is 0 Å². The highest BCUT2D eigenvalue weighted by atomic mass is 35.5. The summed E-state index contributed by atoms with van der Waals surface area (Å²) in [7, 11) is 1.62. The van der Waals surface area contributed by atoms with E-state index in [4.69, 9.17) is 16.3 Å². The van der Waals surface area contributed by atoms with Gasteiger partial charge in [0.2, 0.25) is 0 Å². The number of ether oxygens (including phenoxy) is 1. The van der Waals surface area contributed by atoms with Gasteiger partial charge in [-0.3, -0.25) is 0 Å². The number of hydrogen-bond donors (Lipinski definition) is 1. The summed E-state index contributed by atoms with van der Waals surface area (Å²) in [5.41, 5.74) is 0. The van der Waals surface area contributed by atoms with E-state index >= 15 is 0 Å². The Morgan fingerprint density at radius 2 is 2.18 bits per heavy atom. The van der Waals surface area contributed by atoms with Crippen LogP contribution in [0.2, 0.25) is 5.15 Å². The first-order valence-corrected chi connectivity index (χ1v) is 6.42. The van der Waals surface area contributed by atoms with Crippen molar-refractivity contribution in [1.29, 1.82) is 0 Å². The van der Waals surface area contributed by atoms with E-state index in [1.807, 2.05) is 0 Å². The molecular weight excluding hydrogens is 238 g/mol. The largest absolute Gasteiger partial charge is 0.377 e. The smallest absolute Gasteiger partial charge is 0.158 e. The van der Waals surface area contributed by atoms with Crippen LogP contribution in [0.1, 0.15) is 31.5 Å². The lowest BCUT2D eigenvalue weighted by Gasteiger charge is -2.11. The van der Waals surface area contributed by atoms with E-state index in [0.29, 0.717) is 17.6 Å². The quantitative estimate of drug-likeness (QED) is 0.822. The third-order valence-corrected chi connectivity index (χ3v) is 3.25. The fourth-order valence-corrected chi connectivity index (χ4v) is 2.41. The van der Waals surface area contributed by atoms with Gasteiger partial charge in [-0.2, -0.15) is 0 Å². The normalized spacial score (nSPS) is 16.4. The van der Waals surface area contributed by atoms with E-state index in [2.05, 4.69) is 15.3 Å². The molecular formula is C12H18ClN3O. The van der Waals surface area contributed by atoms with Crippen molar-refractivity contribution < 1.29 is 4.74 Å². The molecule has 0 aromatic carbocycles. The Balaban J connectivity index is 1.94. The third kappa shape index (κ3) is 3.82. The van der Waals surface area contributed by atoms with Gasteiger partial charge in [-0.1, -0.05) is 24.4 Å². The van der Waals surface area contributed by atoms with Crippen molar-refractivity contribution in [3.8, 4) is 0 Å². The highest BCUT2D eigenvalue weighted by Crippen LogP contribution is 2.25. The minimum Gasteiger partial charge on any atom is -0.377 e. The van der Waals surface area contributed by atoms with E-state index < -0.39 is 0 Å². The molecule has 1 aromatic rings. The van der Waals surface area contributed by atoms with Crippen molar-refractivity contribution in [3.63, 3.8) is 0 Å². The SMILES string of the molecule is COCc1nc(Cl)cc(NCC2CCCC2)n1. The van der Waals surface area contributed by atoms with Crippen LogP contribution in [0.25, 0.3) is 0 Å². The Bertz CT molecular complexity index is 367. The fourth-order valence-electron chi connectivity index (χ4n) is 2.21. The Morgan fingerprint density at radius 1 is 1.41 bits per heavy atom. The number of aromatic nitrogens is 2. The molecule has 0 amide bonds. The zero-order valence-corrected chi connectivity index (χ0v) is 10.8. The molecule has 0 radical (unpaired) electrons. The molecule has 1 fully saturated rings. The summed E-state index contributed by atoms with van der Waals surface area (Å²) in [6.07, 6.45) is 5.34. The first kappa shape index (κ1) is 12.6. The van der Waals surface area contributed by atoms with Crippen LogP contribution >= 0.6 is 11.6 Å². The highest BCUT2D eigenvalue weighted by Gasteiger charge is 2.14. The summed E-state index contributed by atoms with van der Waals surface area (Å²) in [5.74, 6) is 2.19. The van der Waals surface area contributed by atoms with Gasteiger partial charge in [0, 0.05) is 19.7 Å². The molecule has 5 heteroatoms. The monoisotopic (exact) mass is 255 g/mol. The van der Waals surface area contributed by atoms with Crippen LogP contribution in [0.4, 0.5) is 5.82 Å². The highest BCUT2D eigenvalue weighted by molar-refractivity contribution is 6.29. The first-order chi connectivity index (χ1) is 8.28. The van der Waals surface area contributed by atoms with E-state index in [-0.39, 0.29) is 0 Å². The lowest BCUT2D eigenvalue weighted by molar-refractivity contribution is 0.178. The van der Waals surface area contributed by atoms with Crippen LogP contribution in [0, 0.1) is 5.92 Å². The summed E-state index contributed by atoms with van der Waals surface area (Å²) in [5, 5.41) is 3.79. The van der Waals surface area contributed by atoms with Crippen LogP contribution < -0.4 is 5.32 Å². The molecule has 4 nitrogen and oxygen atoms in total. The van der Waals surface area contributed by atoms with Crippen molar-refractivity contribution in [2.24, 2.45) is 5.92 Å². The molecule has 1 aromatic heterocycles. The molecule has 0 bridgehead atoms. The van der Waals surface area contributed by atoms with Gasteiger partial charge >= 0.3 is 0 Å². The summed E-state index contributed by atoms with van der Waals surface area (Å²) in [4.78, 5) is 8.45. The van der Waals surface area contributed by atoms with Crippen LogP contribution in [-0.4, -0.2) is 23.6 Å². The minimum absolute atomic E-state index is 0.388. The van der Waals surface area contributed by atoms with Crippen molar-refractivity contribution in [2.75, 3.05) is 19.0 Å². The summed E-state index contributed by atoms with van der Waals surface area (Å²) >= 11 is 5.93. The topological polar surface area (TPSA) is 47.0 Å². The van der Waals surface area contributed by atoms with Crippen molar-refractivity contribution in [2.45, 2.75) is 32.3 Å². The molecule has 1 heterocycles. The summed E-state index contributed by atoms with van der Waals surface area (Å²) in [6, 6.07) is 1.76. The van der Waals surface area contributed by atoms with Crippen LogP contribution in [0.15, 0.2) is 6.07 Å². The molecule has 0 saturated heterocycles. The Hall–Kier alpha value is -0.870. The number of hydrogen-bond acceptors (Lipinski definition) is 4. The molecule has 1 aliphatic rings. The second-order valence-electron chi connectivity index (χ2n) is 4.46. The van der Waals surface area contributed by atoms with Crippen molar-refractivity contribution in [3.05, 3.63) is 17.0 Å². The molecule has 0 spiro atoms. The Labute approximate surface area is 107 Å². The van der Waals surface area contributed by atoms with Gasteiger partial charge in [-0.15, -0.1) is 0 Å². The minimum atomic E-state index is 0.388. The number of nitrogens with zero attached hydrogens (tertiary/aromatic N) is 2. The zero-order chi connectivity index (χ0) is 12.1. The van der Waals surface area contributed by atoms with Gasteiger partial charge in [-0.05, 0) is 18.8 Å². The maximum absolute atomic E-state index is 5.93. The molecule has 0 unspecified atom stereocenters. The maximum Gasteiger partial charge on any atom is 0.158 e. The number of nitrogens with one attached hydrogen (secondary N) is 1. The summed E-state index contributed by atoms with van der Waals surface area (Å²) < 4.78 is 5.00. The average molecular weight is 256 g/mol. The predicted molar refractivity (Wildman–Crippen MR) is 68.2 cm³/mol. The number of anilines is 1. The van der Waals surface area contributed by atoms with Crippen LogP contribution in [0.5, 0.6) is 0 Å². The van der Waals surface area contributed by atoms with E-state index in [0.717, 1.165) is 18.3 Å². The molecule has 0 atom stereocenters. The number of rotatable bonds is 5. The van der Waals surface area contributed by atoms with Gasteiger partial charge in [0.1, 0.15) is 17.6 Å². The molecule has 1 aliphatic carbocycles. The number of methoxy groups -OCH3 is 1. The molecule has 17 heavy (non-hydrogen) atoms. The van der Waals surface area contributed by atoms with E-state index in [1.165, 1.54) is 25.7 Å². The average Bonchev–Trinajstić information content (AvgIpc) is 2.79. The lowest BCUT2D eigenvalue weighted by Crippen LogP contribution is -2.13. The van der Waals surface area contributed by atoms with Gasteiger partial charge in [-0.25, -0.2) is 9.97 Å². The van der Waals surface area contributed by atoms with Crippen molar-refractivity contribution >= 4 is 17.4 Å². The second kappa shape index (κ2) is 6.17. The molecule has 1 saturated carbocycles. The number of halogens is 1. The zero-order valence-electron chi connectivity index (χ0n) is 10.1. The van der Waals surface area contributed by atoms with Crippen LogP contribution in [-0.2, 0) is 11.3 Å². The lowest BCUT2D eigenvalue weighted by atomic mass is 10.1. The molecule has 1 N–H and O–H groups in total. The predicted octanol–water partition coefficient (Wildman–Crippen LogP) is 2.88. The van der Waals surface area contributed by atoms with E-state index in [9.17, 15) is 0 Å². The molecule has 2 rings (SSSR count). The van der Waals surface area contributed by atoms with Gasteiger partial charge in [0.05, 0.1) is 0 Å². The van der Waals surface area contributed by atoms with Crippen molar-refractivity contribution in [1.82, 2.24) is 9.97 Å². The molecule has 94 valence electrons. The standard InChI is InChI=1S/C12H18ClN3O/c1-17-8-12-15-10(13)6-11(16-12)14-7-9-4-2-3-5-9/h6,9H,2-5,7-8H2,1H3,(H,14,15,16).